The van der Waals surface area contributed by atoms with Crippen molar-refractivity contribution in [1.82, 2.24) is 5.32 Å². The van der Waals surface area contributed by atoms with Gasteiger partial charge in [0, 0.05) is 12.1 Å². The van der Waals surface area contributed by atoms with Gasteiger partial charge in [0.15, 0.2) is 6.61 Å². The number of aromatic carboxylic acids is 1. The highest BCUT2D eigenvalue weighted by molar-refractivity contribution is 5.91. The summed E-state index contributed by atoms with van der Waals surface area (Å²) in [5, 5.41) is 11.6. The van der Waals surface area contributed by atoms with Crippen LogP contribution < -0.4 is 10.1 Å². The molecule has 0 aliphatic heterocycles. The van der Waals surface area contributed by atoms with Crippen molar-refractivity contribution in [2.24, 2.45) is 5.92 Å². The summed E-state index contributed by atoms with van der Waals surface area (Å²) in [7, 11) is 0. The van der Waals surface area contributed by atoms with Gasteiger partial charge in [-0.15, -0.1) is 0 Å². The molecular formula is C14H18FNO4. The van der Waals surface area contributed by atoms with Gasteiger partial charge in [-0.3, -0.25) is 4.79 Å². The Hall–Kier alpha value is -2.11. The van der Waals surface area contributed by atoms with E-state index in [1.807, 2.05) is 20.8 Å². The first-order valence-corrected chi connectivity index (χ1v) is 6.26. The normalized spacial score (nSPS) is 12.1. The molecule has 1 atom stereocenters. The topological polar surface area (TPSA) is 75.6 Å². The zero-order valence-corrected chi connectivity index (χ0v) is 11.6. The van der Waals surface area contributed by atoms with Crippen molar-refractivity contribution < 1.29 is 23.8 Å². The SMILES string of the molecule is CC(C)C(C)NC(=O)COc1cc(F)ccc1C(=O)O. The van der Waals surface area contributed by atoms with Crippen LogP contribution in [0.25, 0.3) is 0 Å². The first-order valence-electron chi connectivity index (χ1n) is 6.26. The smallest absolute Gasteiger partial charge is 0.339 e. The number of amides is 1. The molecule has 6 heteroatoms. The van der Waals surface area contributed by atoms with Gasteiger partial charge in [-0.25, -0.2) is 9.18 Å². The van der Waals surface area contributed by atoms with Gasteiger partial charge in [0.25, 0.3) is 5.91 Å². The molecule has 0 radical (unpaired) electrons. The zero-order valence-electron chi connectivity index (χ0n) is 11.6. The molecule has 2 N–H and O–H groups in total. The molecule has 0 fully saturated rings. The Morgan fingerprint density at radius 2 is 2.00 bits per heavy atom. The lowest BCUT2D eigenvalue weighted by atomic mass is 10.1. The van der Waals surface area contributed by atoms with Crippen LogP contribution in [0.4, 0.5) is 4.39 Å². The zero-order chi connectivity index (χ0) is 15.3. The molecule has 1 aromatic rings. The van der Waals surface area contributed by atoms with Crippen molar-refractivity contribution in [3.05, 3.63) is 29.6 Å². The number of halogens is 1. The predicted octanol–water partition coefficient (Wildman–Crippen LogP) is 2.06. The van der Waals surface area contributed by atoms with Crippen molar-refractivity contribution >= 4 is 11.9 Å². The Kier molecular flexibility index (Phi) is 5.49. The second-order valence-corrected chi connectivity index (χ2v) is 4.83. The second-order valence-electron chi connectivity index (χ2n) is 4.83. The molecule has 1 unspecified atom stereocenters. The molecule has 5 nitrogen and oxygen atoms in total. The Morgan fingerprint density at radius 3 is 2.55 bits per heavy atom. The van der Waals surface area contributed by atoms with Crippen molar-refractivity contribution in [2.45, 2.75) is 26.8 Å². The van der Waals surface area contributed by atoms with Gasteiger partial charge in [-0.05, 0) is 25.0 Å². The van der Waals surface area contributed by atoms with Crippen LogP contribution in [0.15, 0.2) is 18.2 Å². The van der Waals surface area contributed by atoms with E-state index in [9.17, 15) is 14.0 Å². The summed E-state index contributed by atoms with van der Waals surface area (Å²) in [5.41, 5.74) is -0.184. The molecule has 0 spiro atoms. The number of carboxylic acids is 1. The summed E-state index contributed by atoms with van der Waals surface area (Å²) >= 11 is 0. The first-order chi connectivity index (χ1) is 9.31. The third-order valence-electron chi connectivity index (χ3n) is 2.92. The Bertz CT molecular complexity index is 502. The number of carbonyl (C=O) groups excluding carboxylic acids is 1. The molecule has 0 aliphatic carbocycles. The lowest BCUT2D eigenvalue weighted by molar-refractivity contribution is -0.124. The molecule has 20 heavy (non-hydrogen) atoms. The van der Waals surface area contributed by atoms with Crippen LogP contribution in [0.5, 0.6) is 5.75 Å². The lowest BCUT2D eigenvalue weighted by Crippen LogP contribution is -2.39. The van der Waals surface area contributed by atoms with E-state index >= 15 is 0 Å². The van der Waals surface area contributed by atoms with E-state index in [2.05, 4.69) is 5.32 Å². The highest BCUT2D eigenvalue weighted by Crippen LogP contribution is 2.19. The quantitative estimate of drug-likeness (QED) is 0.838. The summed E-state index contributed by atoms with van der Waals surface area (Å²) in [4.78, 5) is 22.6. The Balaban J connectivity index is 2.68. The largest absolute Gasteiger partial charge is 0.483 e. The fourth-order valence-corrected chi connectivity index (χ4v) is 1.40. The number of hydrogen-bond donors (Lipinski definition) is 2. The van der Waals surface area contributed by atoms with Crippen LogP contribution in [0.2, 0.25) is 0 Å². The maximum Gasteiger partial charge on any atom is 0.339 e. The minimum Gasteiger partial charge on any atom is -0.483 e. The number of carbonyl (C=O) groups is 2. The monoisotopic (exact) mass is 283 g/mol. The minimum absolute atomic E-state index is 0.0300. The van der Waals surface area contributed by atoms with Crippen molar-refractivity contribution in [2.75, 3.05) is 6.61 Å². The van der Waals surface area contributed by atoms with E-state index in [0.717, 1.165) is 18.2 Å². The second kappa shape index (κ2) is 6.88. The van der Waals surface area contributed by atoms with Crippen LogP contribution in [0, 0.1) is 11.7 Å². The number of carboxylic acid groups (broad SMARTS) is 1. The molecular weight excluding hydrogens is 265 g/mol. The molecule has 0 heterocycles. The predicted molar refractivity (Wildman–Crippen MR) is 71.3 cm³/mol. The van der Waals surface area contributed by atoms with Gasteiger partial charge >= 0.3 is 5.97 Å². The summed E-state index contributed by atoms with van der Waals surface area (Å²) in [6.07, 6.45) is 0. The third-order valence-corrected chi connectivity index (χ3v) is 2.92. The van der Waals surface area contributed by atoms with Gasteiger partial charge in [-0.2, -0.15) is 0 Å². The van der Waals surface area contributed by atoms with Crippen molar-refractivity contribution in [3.8, 4) is 5.75 Å². The average Bonchev–Trinajstić information content (AvgIpc) is 2.35. The Morgan fingerprint density at radius 1 is 1.35 bits per heavy atom. The van der Waals surface area contributed by atoms with E-state index in [1.165, 1.54) is 0 Å². The van der Waals surface area contributed by atoms with Gasteiger partial charge in [0.1, 0.15) is 17.1 Å². The highest BCUT2D eigenvalue weighted by atomic mass is 19.1. The molecule has 0 aliphatic rings. The molecule has 0 saturated heterocycles. The van der Waals surface area contributed by atoms with E-state index in [1.54, 1.807) is 0 Å². The van der Waals surface area contributed by atoms with Gasteiger partial charge < -0.3 is 15.2 Å². The van der Waals surface area contributed by atoms with Gasteiger partial charge in [0.05, 0.1) is 0 Å². The minimum atomic E-state index is -1.24. The highest BCUT2D eigenvalue weighted by Gasteiger charge is 2.15. The number of hydrogen-bond acceptors (Lipinski definition) is 3. The summed E-state index contributed by atoms with van der Waals surface area (Å²) < 4.78 is 18.2. The molecule has 1 rings (SSSR count). The maximum absolute atomic E-state index is 13.1. The molecule has 110 valence electrons. The van der Waals surface area contributed by atoms with E-state index in [0.29, 0.717) is 0 Å². The van der Waals surface area contributed by atoms with Crippen LogP contribution in [-0.4, -0.2) is 29.6 Å². The fourth-order valence-electron chi connectivity index (χ4n) is 1.40. The molecule has 0 aromatic heterocycles. The van der Waals surface area contributed by atoms with E-state index in [-0.39, 0.29) is 35.8 Å². The van der Waals surface area contributed by atoms with Crippen LogP contribution >= 0.6 is 0 Å². The van der Waals surface area contributed by atoms with Crippen LogP contribution in [0.3, 0.4) is 0 Å². The third kappa shape index (κ3) is 4.53. The number of rotatable bonds is 6. The first kappa shape index (κ1) is 15.9. The van der Waals surface area contributed by atoms with Crippen LogP contribution in [0.1, 0.15) is 31.1 Å². The molecule has 1 aromatic carbocycles. The number of nitrogens with one attached hydrogen (secondary N) is 1. The molecule has 0 saturated carbocycles. The lowest BCUT2D eigenvalue weighted by Gasteiger charge is -2.17. The van der Waals surface area contributed by atoms with Crippen molar-refractivity contribution in [1.29, 1.82) is 0 Å². The number of benzene rings is 1. The standard InChI is InChI=1S/C14H18FNO4/c1-8(2)9(3)16-13(17)7-20-12-6-10(15)4-5-11(12)14(18)19/h4-6,8-9H,7H2,1-3H3,(H,16,17)(H,18,19). The van der Waals surface area contributed by atoms with E-state index in [4.69, 9.17) is 9.84 Å². The van der Waals surface area contributed by atoms with Gasteiger partial charge in [-0.1, -0.05) is 13.8 Å². The van der Waals surface area contributed by atoms with Crippen LogP contribution in [-0.2, 0) is 4.79 Å². The van der Waals surface area contributed by atoms with E-state index < -0.39 is 11.8 Å². The van der Waals surface area contributed by atoms with Crippen molar-refractivity contribution in [3.63, 3.8) is 0 Å². The average molecular weight is 283 g/mol. The Labute approximate surface area is 116 Å². The summed E-state index contributed by atoms with van der Waals surface area (Å²) in [6, 6.07) is 3.04. The van der Waals surface area contributed by atoms with Gasteiger partial charge in [0.2, 0.25) is 0 Å². The summed E-state index contributed by atoms with van der Waals surface area (Å²) in [6.45, 7) is 5.41. The number of ether oxygens (including phenoxy) is 1. The fraction of sp³-hybridized carbons (Fsp3) is 0.429. The molecule has 1 amide bonds. The summed E-state index contributed by atoms with van der Waals surface area (Å²) in [5.74, 6) is -2.14. The maximum atomic E-state index is 13.1. The molecule has 0 bridgehead atoms.